The Morgan fingerprint density at radius 1 is 1.16 bits per heavy atom. The van der Waals surface area contributed by atoms with E-state index < -0.39 is 11.7 Å². The van der Waals surface area contributed by atoms with Crippen LogP contribution in [0, 0.1) is 0 Å². The molecule has 0 aliphatic rings. The third-order valence-corrected chi connectivity index (χ3v) is 2.63. The number of rotatable bonds is 2. The molecule has 0 aromatic carbocycles. The summed E-state index contributed by atoms with van der Waals surface area (Å²) in [5.41, 5.74) is -0.926. The average molecular weight is 354 g/mol. The van der Waals surface area contributed by atoms with E-state index in [1.54, 1.807) is 6.07 Å². The molecule has 0 atom stereocenters. The summed E-state index contributed by atoms with van der Waals surface area (Å²) in [6.45, 7) is 0. The Morgan fingerprint density at radius 2 is 1.89 bits per heavy atom. The fourth-order valence-electron chi connectivity index (χ4n) is 1.26. The molecule has 100 valence electrons. The molecule has 0 aliphatic heterocycles. The molecular weight excluding hydrogens is 348 g/mol. The third kappa shape index (κ3) is 3.81. The maximum absolute atomic E-state index is 12.6. The van der Waals surface area contributed by atoms with E-state index in [0.717, 1.165) is 12.1 Å². The summed E-state index contributed by atoms with van der Waals surface area (Å²) in [4.78, 5) is 7.49. The van der Waals surface area contributed by atoms with Crippen molar-refractivity contribution in [2.45, 2.75) is 6.18 Å². The van der Waals surface area contributed by atoms with Crippen LogP contribution >= 0.6 is 27.5 Å². The summed E-state index contributed by atoms with van der Waals surface area (Å²) < 4.78 is 43.6. The van der Waals surface area contributed by atoms with Gasteiger partial charge >= 0.3 is 6.18 Å². The second kappa shape index (κ2) is 5.34. The SMILES string of the molecule is FC(F)(F)c1cc(Cl)nc(Oc2cncc(Br)c2)c1. The third-order valence-electron chi connectivity index (χ3n) is 2.00. The first kappa shape index (κ1) is 14.1. The van der Waals surface area contributed by atoms with Gasteiger partial charge in [0.25, 0.3) is 0 Å². The average Bonchev–Trinajstić information content (AvgIpc) is 2.26. The summed E-state index contributed by atoms with van der Waals surface area (Å²) in [5, 5.41) is -0.298. The normalized spacial score (nSPS) is 11.4. The number of pyridine rings is 2. The molecule has 0 spiro atoms. The molecule has 8 heteroatoms. The number of ether oxygens (including phenoxy) is 1. The highest BCUT2D eigenvalue weighted by Gasteiger charge is 2.31. The Labute approximate surface area is 119 Å². The lowest BCUT2D eigenvalue weighted by Gasteiger charge is -2.10. The highest BCUT2D eigenvalue weighted by Crippen LogP contribution is 2.33. The first-order valence-corrected chi connectivity index (χ1v) is 6.05. The molecule has 0 N–H and O–H groups in total. The van der Waals surface area contributed by atoms with Crippen molar-refractivity contribution in [2.75, 3.05) is 0 Å². The molecule has 2 aromatic rings. The van der Waals surface area contributed by atoms with E-state index in [0.29, 0.717) is 4.47 Å². The minimum Gasteiger partial charge on any atom is -0.437 e. The van der Waals surface area contributed by atoms with Crippen molar-refractivity contribution in [1.29, 1.82) is 0 Å². The minimum atomic E-state index is -4.51. The number of nitrogens with zero attached hydrogens (tertiary/aromatic N) is 2. The Kier molecular flexibility index (Phi) is 3.96. The predicted molar refractivity (Wildman–Crippen MR) is 66.3 cm³/mol. The fourth-order valence-corrected chi connectivity index (χ4v) is 1.80. The summed E-state index contributed by atoms with van der Waals surface area (Å²) in [5.74, 6) is -0.00279. The standard InChI is InChI=1S/C11H5BrClF3N2O/c12-7-3-8(5-17-4-7)19-10-2-6(11(14,15)16)1-9(13)18-10/h1-5H. The van der Waals surface area contributed by atoms with Crippen LogP contribution in [0.1, 0.15) is 5.56 Å². The Bertz CT molecular complexity index is 607. The second-order valence-corrected chi connectivity index (χ2v) is 4.76. The molecule has 0 unspecified atom stereocenters. The molecule has 0 radical (unpaired) electrons. The van der Waals surface area contributed by atoms with Gasteiger partial charge in [0.05, 0.1) is 11.8 Å². The van der Waals surface area contributed by atoms with Crippen molar-refractivity contribution >= 4 is 27.5 Å². The van der Waals surface area contributed by atoms with Gasteiger partial charge < -0.3 is 4.74 Å². The van der Waals surface area contributed by atoms with Gasteiger partial charge in [-0.3, -0.25) is 4.98 Å². The lowest BCUT2D eigenvalue weighted by Crippen LogP contribution is -2.05. The molecule has 2 aromatic heterocycles. The molecular formula is C11H5BrClF3N2O. The van der Waals surface area contributed by atoms with Gasteiger partial charge in [-0.25, -0.2) is 4.98 Å². The molecule has 0 bridgehead atoms. The number of hydrogen-bond donors (Lipinski definition) is 0. The molecule has 0 aliphatic carbocycles. The van der Waals surface area contributed by atoms with Crippen molar-refractivity contribution < 1.29 is 17.9 Å². The summed E-state index contributed by atoms with van der Waals surface area (Å²) >= 11 is 8.70. The van der Waals surface area contributed by atoms with E-state index in [1.807, 2.05) is 0 Å². The molecule has 2 rings (SSSR count). The van der Waals surface area contributed by atoms with Crippen LogP contribution in [0.2, 0.25) is 5.15 Å². The number of alkyl halides is 3. The molecule has 2 heterocycles. The summed E-state index contributed by atoms with van der Waals surface area (Å²) in [6, 6.07) is 3.04. The minimum absolute atomic E-state index is 0.247. The lowest BCUT2D eigenvalue weighted by molar-refractivity contribution is -0.137. The second-order valence-electron chi connectivity index (χ2n) is 3.46. The van der Waals surface area contributed by atoms with Gasteiger partial charge in [-0.2, -0.15) is 13.2 Å². The number of aromatic nitrogens is 2. The van der Waals surface area contributed by atoms with E-state index in [-0.39, 0.29) is 16.8 Å². The van der Waals surface area contributed by atoms with Crippen molar-refractivity contribution in [3.63, 3.8) is 0 Å². The molecule has 0 fully saturated rings. The zero-order valence-electron chi connectivity index (χ0n) is 9.08. The van der Waals surface area contributed by atoms with Crippen LogP contribution in [0.5, 0.6) is 11.6 Å². The Morgan fingerprint density at radius 3 is 2.53 bits per heavy atom. The van der Waals surface area contributed by atoms with Crippen molar-refractivity contribution in [3.05, 3.63) is 45.8 Å². The number of halogens is 5. The van der Waals surface area contributed by atoms with Crippen molar-refractivity contribution in [2.24, 2.45) is 0 Å². The maximum atomic E-state index is 12.6. The maximum Gasteiger partial charge on any atom is 0.416 e. The zero-order chi connectivity index (χ0) is 14.0. The van der Waals surface area contributed by atoms with Gasteiger partial charge in [0, 0.05) is 16.7 Å². The largest absolute Gasteiger partial charge is 0.437 e. The van der Waals surface area contributed by atoms with Crippen LogP contribution in [0.25, 0.3) is 0 Å². The highest BCUT2D eigenvalue weighted by molar-refractivity contribution is 9.10. The lowest BCUT2D eigenvalue weighted by atomic mass is 10.2. The van der Waals surface area contributed by atoms with Gasteiger partial charge in [-0.1, -0.05) is 11.6 Å². The van der Waals surface area contributed by atoms with Crippen molar-refractivity contribution in [1.82, 2.24) is 9.97 Å². The Hall–Kier alpha value is -1.34. The quantitative estimate of drug-likeness (QED) is 0.734. The Balaban J connectivity index is 2.33. The van der Waals surface area contributed by atoms with Gasteiger partial charge in [0.1, 0.15) is 10.9 Å². The van der Waals surface area contributed by atoms with Gasteiger partial charge in [-0.15, -0.1) is 0 Å². The first-order chi connectivity index (χ1) is 8.84. The van der Waals surface area contributed by atoms with Crippen molar-refractivity contribution in [3.8, 4) is 11.6 Å². The molecule has 3 nitrogen and oxygen atoms in total. The monoisotopic (exact) mass is 352 g/mol. The van der Waals surface area contributed by atoms with Gasteiger partial charge in [0.2, 0.25) is 5.88 Å². The molecule has 19 heavy (non-hydrogen) atoms. The smallest absolute Gasteiger partial charge is 0.416 e. The topological polar surface area (TPSA) is 35.0 Å². The first-order valence-electron chi connectivity index (χ1n) is 4.88. The van der Waals surface area contributed by atoms with E-state index in [4.69, 9.17) is 16.3 Å². The van der Waals surface area contributed by atoms with Crippen LogP contribution in [-0.4, -0.2) is 9.97 Å². The van der Waals surface area contributed by atoms with Crippen LogP contribution < -0.4 is 4.74 Å². The summed E-state index contributed by atoms with van der Waals surface area (Å²) in [6.07, 6.45) is -1.65. The van der Waals surface area contributed by atoms with Gasteiger partial charge in [0.15, 0.2) is 0 Å². The molecule has 0 amide bonds. The van der Waals surface area contributed by atoms with Crippen LogP contribution in [0.3, 0.4) is 0 Å². The van der Waals surface area contributed by atoms with E-state index in [1.165, 1.54) is 12.4 Å². The van der Waals surface area contributed by atoms with Crippen LogP contribution in [0.15, 0.2) is 35.1 Å². The van der Waals surface area contributed by atoms with E-state index in [9.17, 15) is 13.2 Å². The van der Waals surface area contributed by atoms with Crippen LogP contribution in [-0.2, 0) is 6.18 Å². The molecule has 0 saturated carbocycles. The van der Waals surface area contributed by atoms with E-state index in [2.05, 4.69) is 25.9 Å². The van der Waals surface area contributed by atoms with Crippen LogP contribution in [0.4, 0.5) is 13.2 Å². The van der Waals surface area contributed by atoms with E-state index >= 15 is 0 Å². The highest BCUT2D eigenvalue weighted by atomic mass is 79.9. The van der Waals surface area contributed by atoms with Gasteiger partial charge in [-0.05, 0) is 28.1 Å². The fraction of sp³-hybridized carbons (Fsp3) is 0.0909. The number of hydrogen-bond acceptors (Lipinski definition) is 3. The molecule has 0 saturated heterocycles. The summed E-state index contributed by atoms with van der Waals surface area (Å²) in [7, 11) is 0. The zero-order valence-corrected chi connectivity index (χ0v) is 11.4. The predicted octanol–water partition coefficient (Wildman–Crippen LogP) is 4.70.